The smallest absolute Gasteiger partial charge is 0.226 e. The Hall–Kier alpha value is -0.360. The van der Waals surface area contributed by atoms with E-state index in [1.807, 2.05) is 36.4 Å². The lowest BCUT2D eigenvalue weighted by Crippen LogP contribution is -2.18. The minimum absolute atomic E-state index is 0.0352. The first-order valence-electron chi connectivity index (χ1n) is 4.12. The van der Waals surface area contributed by atoms with Gasteiger partial charge in [0.15, 0.2) is 0 Å². The van der Waals surface area contributed by atoms with E-state index in [4.69, 9.17) is 11.6 Å². The summed E-state index contributed by atoms with van der Waals surface area (Å²) in [6.07, 6.45) is 1.55. The Kier molecular flexibility index (Phi) is 4.12. The SMILES string of the molecule is CC(C)C(=O)Nc1cc(Cl)cnc1I. The third kappa shape index (κ3) is 3.09. The number of aromatic nitrogens is 1. The minimum Gasteiger partial charge on any atom is -0.324 e. The van der Waals surface area contributed by atoms with Crippen LogP contribution in [0.1, 0.15) is 13.8 Å². The molecule has 5 heteroatoms. The molecule has 0 aliphatic heterocycles. The number of anilines is 1. The van der Waals surface area contributed by atoms with Crippen LogP contribution in [-0.4, -0.2) is 10.9 Å². The van der Waals surface area contributed by atoms with Gasteiger partial charge in [-0.3, -0.25) is 4.79 Å². The van der Waals surface area contributed by atoms with E-state index in [0.717, 1.165) is 3.70 Å². The summed E-state index contributed by atoms with van der Waals surface area (Å²) >= 11 is 7.81. The molecule has 1 heterocycles. The Bertz CT molecular complexity index is 355. The molecule has 1 amide bonds. The highest BCUT2D eigenvalue weighted by molar-refractivity contribution is 14.1. The zero-order valence-corrected chi connectivity index (χ0v) is 10.8. The molecule has 0 saturated heterocycles. The zero-order valence-electron chi connectivity index (χ0n) is 7.84. The van der Waals surface area contributed by atoms with Crippen LogP contribution in [0.5, 0.6) is 0 Å². The fourth-order valence-electron chi connectivity index (χ4n) is 0.787. The molecule has 0 bridgehead atoms. The summed E-state index contributed by atoms with van der Waals surface area (Å²) in [5.41, 5.74) is 0.664. The second-order valence-electron chi connectivity index (χ2n) is 3.14. The Balaban J connectivity index is 2.86. The van der Waals surface area contributed by atoms with Gasteiger partial charge in [-0.05, 0) is 28.7 Å². The van der Waals surface area contributed by atoms with E-state index in [0.29, 0.717) is 10.7 Å². The van der Waals surface area contributed by atoms with Gasteiger partial charge in [0.25, 0.3) is 0 Å². The average Bonchev–Trinajstić information content (AvgIpc) is 2.11. The van der Waals surface area contributed by atoms with Crippen molar-refractivity contribution in [3.63, 3.8) is 0 Å². The lowest BCUT2D eigenvalue weighted by Gasteiger charge is -2.08. The molecule has 1 N–H and O–H groups in total. The molecule has 0 radical (unpaired) electrons. The summed E-state index contributed by atoms with van der Waals surface area (Å²) in [6.45, 7) is 3.67. The lowest BCUT2D eigenvalue weighted by atomic mass is 10.2. The molecular formula is C9H10ClIN2O. The quantitative estimate of drug-likeness (QED) is 0.671. The number of hydrogen-bond acceptors (Lipinski definition) is 2. The van der Waals surface area contributed by atoms with E-state index in [9.17, 15) is 4.79 Å². The number of nitrogens with zero attached hydrogens (tertiary/aromatic N) is 1. The molecule has 0 spiro atoms. The van der Waals surface area contributed by atoms with Crippen LogP contribution >= 0.6 is 34.2 Å². The maximum absolute atomic E-state index is 11.4. The zero-order chi connectivity index (χ0) is 10.7. The number of pyridine rings is 1. The topological polar surface area (TPSA) is 42.0 Å². The Morgan fingerprint density at radius 2 is 2.29 bits per heavy atom. The van der Waals surface area contributed by atoms with E-state index in [1.54, 1.807) is 12.3 Å². The van der Waals surface area contributed by atoms with E-state index < -0.39 is 0 Å². The van der Waals surface area contributed by atoms with E-state index in [1.165, 1.54) is 0 Å². The van der Waals surface area contributed by atoms with Crippen molar-refractivity contribution < 1.29 is 4.79 Å². The van der Waals surface area contributed by atoms with Gasteiger partial charge in [-0.1, -0.05) is 25.4 Å². The molecule has 76 valence electrons. The first kappa shape index (κ1) is 11.7. The molecule has 0 aromatic carbocycles. The van der Waals surface area contributed by atoms with Gasteiger partial charge in [-0.25, -0.2) is 4.98 Å². The highest BCUT2D eigenvalue weighted by Crippen LogP contribution is 2.20. The normalized spacial score (nSPS) is 10.4. The second kappa shape index (κ2) is 4.93. The van der Waals surface area contributed by atoms with E-state index in [-0.39, 0.29) is 11.8 Å². The standard InChI is InChI=1S/C9H10ClIN2O/c1-5(2)9(14)13-7-3-6(10)4-12-8(7)11/h3-5H,1-2H3,(H,13,14). The van der Waals surface area contributed by atoms with Gasteiger partial charge in [0.1, 0.15) is 3.70 Å². The third-order valence-corrected chi connectivity index (χ3v) is 2.65. The predicted molar refractivity (Wildman–Crippen MR) is 65.4 cm³/mol. The number of halogens is 2. The number of nitrogens with one attached hydrogen (secondary N) is 1. The van der Waals surface area contributed by atoms with Crippen molar-refractivity contribution in [2.24, 2.45) is 5.92 Å². The number of hydrogen-bond donors (Lipinski definition) is 1. The molecular weight excluding hydrogens is 314 g/mol. The first-order chi connectivity index (χ1) is 6.50. The fraction of sp³-hybridized carbons (Fsp3) is 0.333. The second-order valence-corrected chi connectivity index (χ2v) is 4.59. The average molecular weight is 325 g/mol. The van der Waals surface area contributed by atoms with Crippen molar-refractivity contribution in [2.75, 3.05) is 5.32 Å². The minimum atomic E-state index is -0.0511. The lowest BCUT2D eigenvalue weighted by molar-refractivity contribution is -0.118. The van der Waals surface area contributed by atoms with E-state index >= 15 is 0 Å². The first-order valence-corrected chi connectivity index (χ1v) is 5.58. The van der Waals surface area contributed by atoms with Crippen LogP contribution in [0, 0.1) is 9.62 Å². The molecule has 1 rings (SSSR count). The highest BCUT2D eigenvalue weighted by atomic mass is 127. The molecule has 1 aromatic heterocycles. The summed E-state index contributed by atoms with van der Waals surface area (Å²) in [7, 11) is 0. The Morgan fingerprint density at radius 1 is 1.64 bits per heavy atom. The van der Waals surface area contributed by atoms with Crippen molar-refractivity contribution in [3.8, 4) is 0 Å². The molecule has 0 unspecified atom stereocenters. The van der Waals surface area contributed by atoms with Crippen molar-refractivity contribution >= 4 is 45.8 Å². The largest absolute Gasteiger partial charge is 0.324 e. The van der Waals surface area contributed by atoms with Crippen LogP contribution in [0.15, 0.2) is 12.3 Å². The van der Waals surface area contributed by atoms with Gasteiger partial charge >= 0.3 is 0 Å². The molecule has 14 heavy (non-hydrogen) atoms. The monoisotopic (exact) mass is 324 g/mol. The highest BCUT2D eigenvalue weighted by Gasteiger charge is 2.09. The van der Waals surface area contributed by atoms with Crippen molar-refractivity contribution in [1.82, 2.24) is 4.98 Å². The van der Waals surface area contributed by atoms with Crippen molar-refractivity contribution in [3.05, 3.63) is 21.0 Å². The van der Waals surface area contributed by atoms with Crippen molar-refractivity contribution in [1.29, 1.82) is 0 Å². The van der Waals surface area contributed by atoms with Gasteiger partial charge in [0.05, 0.1) is 10.7 Å². The number of carbonyl (C=O) groups is 1. The van der Waals surface area contributed by atoms with Crippen LogP contribution in [0.3, 0.4) is 0 Å². The molecule has 3 nitrogen and oxygen atoms in total. The molecule has 0 aliphatic carbocycles. The number of amides is 1. The van der Waals surface area contributed by atoms with Gasteiger partial charge in [-0.15, -0.1) is 0 Å². The summed E-state index contributed by atoms with van der Waals surface area (Å²) in [4.78, 5) is 15.4. The van der Waals surface area contributed by atoms with Gasteiger partial charge < -0.3 is 5.32 Å². The Labute approximate surface area is 101 Å². The predicted octanol–water partition coefficient (Wildman–Crippen LogP) is 2.93. The summed E-state index contributed by atoms with van der Waals surface area (Å²) < 4.78 is 0.737. The summed E-state index contributed by atoms with van der Waals surface area (Å²) in [5, 5.41) is 3.28. The third-order valence-electron chi connectivity index (χ3n) is 1.59. The van der Waals surface area contributed by atoms with Crippen LogP contribution in [-0.2, 0) is 4.79 Å². The van der Waals surface area contributed by atoms with Crippen molar-refractivity contribution in [2.45, 2.75) is 13.8 Å². The van der Waals surface area contributed by atoms with E-state index in [2.05, 4.69) is 10.3 Å². The maximum Gasteiger partial charge on any atom is 0.226 e. The van der Waals surface area contributed by atoms with Gasteiger partial charge in [-0.2, -0.15) is 0 Å². The maximum atomic E-state index is 11.4. The van der Waals surface area contributed by atoms with Gasteiger partial charge in [0, 0.05) is 12.1 Å². The molecule has 0 fully saturated rings. The fourth-order valence-corrected chi connectivity index (χ4v) is 1.38. The number of rotatable bonds is 2. The van der Waals surface area contributed by atoms with Crippen LogP contribution in [0.2, 0.25) is 5.02 Å². The molecule has 1 aromatic rings. The number of carbonyl (C=O) groups excluding carboxylic acids is 1. The summed E-state index contributed by atoms with van der Waals surface area (Å²) in [6, 6.07) is 1.69. The molecule has 0 aliphatic rings. The molecule has 0 saturated carbocycles. The Morgan fingerprint density at radius 3 is 2.86 bits per heavy atom. The van der Waals surface area contributed by atoms with Gasteiger partial charge in [0.2, 0.25) is 5.91 Å². The molecule has 0 atom stereocenters. The van der Waals surface area contributed by atoms with Crippen LogP contribution in [0.25, 0.3) is 0 Å². The van der Waals surface area contributed by atoms with Crippen LogP contribution in [0.4, 0.5) is 5.69 Å². The summed E-state index contributed by atoms with van der Waals surface area (Å²) in [5.74, 6) is -0.0863. The van der Waals surface area contributed by atoms with Crippen LogP contribution < -0.4 is 5.32 Å².